The number of nitrogens with zero attached hydrogens (tertiary/aromatic N) is 2. The molecule has 0 fully saturated rings. The maximum absolute atomic E-state index is 13.5. The van der Waals surface area contributed by atoms with Crippen LogP contribution in [-0.4, -0.2) is 16.0 Å². The lowest BCUT2D eigenvalue weighted by Crippen LogP contribution is -2.21. The first-order valence-electron chi connectivity index (χ1n) is 7.19. The fourth-order valence-electron chi connectivity index (χ4n) is 1.92. The largest absolute Gasteiger partial charge is 0.424 e. The highest BCUT2D eigenvalue weighted by molar-refractivity contribution is 5.99. The smallest absolute Gasteiger partial charge is 0.323 e. The predicted molar refractivity (Wildman–Crippen MR) is 87.5 cm³/mol. The summed E-state index contributed by atoms with van der Waals surface area (Å²) in [5.41, 5.74) is -0.306. The minimum Gasteiger partial charge on any atom is -0.424 e. The van der Waals surface area contributed by atoms with Gasteiger partial charge in [-0.15, -0.1) is 0 Å². The number of ether oxygens (including phenoxy) is 1. The lowest BCUT2D eigenvalue weighted by Gasteiger charge is -2.09. The molecular weight excluding hydrogens is 330 g/mol. The zero-order valence-corrected chi connectivity index (χ0v) is 12.7. The molecule has 6 nitrogen and oxygen atoms in total. The van der Waals surface area contributed by atoms with Crippen molar-refractivity contribution in [3.05, 3.63) is 72.6 Å². The molecular formula is C17H12F2N4O2. The van der Waals surface area contributed by atoms with Crippen LogP contribution in [0.3, 0.4) is 0 Å². The highest BCUT2D eigenvalue weighted by Gasteiger charge is 2.12. The summed E-state index contributed by atoms with van der Waals surface area (Å²) >= 11 is 0. The van der Waals surface area contributed by atoms with Gasteiger partial charge in [0.2, 0.25) is 0 Å². The first kappa shape index (κ1) is 16.3. The van der Waals surface area contributed by atoms with Gasteiger partial charge < -0.3 is 15.4 Å². The van der Waals surface area contributed by atoms with E-state index in [4.69, 9.17) is 4.74 Å². The van der Waals surface area contributed by atoms with Crippen LogP contribution in [0.15, 0.2) is 60.9 Å². The molecule has 25 heavy (non-hydrogen) atoms. The molecule has 0 bridgehead atoms. The number of nitrogens with one attached hydrogen (secondary N) is 2. The van der Waals surface area contributed by atoms with Crippen LogP contribution in [-0.2, 0) is 0 Å². The van der Waals surface area contributed by atoms with Gasteiger partial charge in [0.05, 0.1) is 18.1 Å². The molecule has 1 heterocycles. The normalized spacial score (nSPS) is 10.2. The predicted octanol–water partition coefficient (Wildman–Crippen LogP) is 4.19. The molecule has 3 rings (SSSR count). The van der Waals surface area contributed by atoms with Crippen LogP contribution in [0.1, 0.15) is 0 Å². The third-order valence-electron chi connectivity index (χ3n) is 3.04. The Bertz CT molecular complexity index is 853. The molecule has 0 atom stereocenters. The van der Waals surface area contributed by atoms with E-state index in [1.165, 1.54) is 18.5 Å². The second-order valence-corrected chi connectivity index (χ2v) is 4.85. The maximum Gasteiger partial charge on any atom is 0.323 e. The average Bonchev–Trinajstić information content (AvgIpc) is 2.61. The summed E-state index contributed by atoms with van der Waals surface area (Å²) in [5.74, 6) is -1.19. The van der Waals surface area contributed by atoms with E-state index in [1.54, 1.807) is 24.3 Å². The summed E-state index contributed by atoms with van der Waals surface area (Å²) in [4.78, 5) is 19.7. The van der Waals surface area contributed by atoms with E-state index >= 15 is 0 Å². The van der Waals surface area contributed by atoms with Crippen molar-refractivity contribution in [1.82, 2.24) is 9.97 Å². The Morgan fingerprint density at radius 1 is 0.880 bits per heavy atom. The molecule has 2 aromatic carbocycles. The Labute approximate surface area is 141 Å². The van der Waals surface area contributed by atoms with Crippen molar-refractivity contribution in [2.24, 2.45) is 0 Å². The van der Waals surface area contributed by atoms with Crippen LogP contribution in [0, 0.1) is 11.6 Å². The Hall–Kier alpha value is -3.55. The summed E-state index contributed by atoms with van der Waals surface area (Å²) in [6.07, 6.45) is 2.62. The minimum atomic E-state index is -0.877. The SMILES string of the molecule is O=C(Nc1cnc(Oc2ccccc2)nc1)Nc1c(F)cccc1F. The van der Waals surface area contributed by atoms with Crippen LogP contribution in [0.2, 0.25) is 0 Å². The number of hydrogen-bond acceptors (Lipinski definition) is 4. The van der Waals surface area contributed by atoms with Gasteiger partial charge in [-0.3, -0.25) is 0 Å². The molecule has 0 aliphatic carbocycles. The molecule has 0 radical (unpaired) electrons. The van der Waals surface area contributed by atoms with Gasteiger partial charge in [-0.1, -0.05) is 24.3 Å². The van der Waals surface area contributed by atoms with Crippen LogP contribution in [0.5, 0.6) is 11.8 Å². The van der Waals surface area contributed by atoms with Crippen molar-refractivity contribution in [3.8, 4) is 11.8 Å². The molecule has 1 aromatic heterocycles. The van der Waals surface area contributed by atoms with E-state index in [2.05, 4.69) is 20.6 Å². The van der Waals surface area contributed by atoms with Gasteiger partial charge in [0.15, 0.2) is 0 Å². The lowest BCUT2D eigenvalue weighted by molar-refractivity contribution is 0.262. The van der Waals surface area contributed by atoms with Gasteiger partial charge in [0, 0.05) is 0 Å². The van der Waals surface area contributed by atoms with Gasteiger partial charge in [-0.25, -0.2) is 23.5 Å². The molecule has 0 spiro atoms. The summed E-state index contributed by atoms with van der Waals surface area (Å²) in [6, 6.07) is 11.5. The van der Waals surface area contributed by atoms with Gasteiger partial charge in [-0.05, 0) is 24.3 Å². The van der Waals surface area contributed by atoms with E-state index < -0.39 is 23.4 Å². The van der Waals surface area contributed by atoms with Gasteiger partial charge in [0.1, 0.15) is 23.1 Å². The Morgan fingerprint density at radius 2 is 1.52 bits per heavy atom. The zero-order chi connectivity index (χ0) is 17.6. The van der Waals surface area contributed by atoms with Crippen molar-refractivity contribution in [1.29, 1.82) is 0 Å². The number of anilines is 2. The first-order chi connectivity index (χ1) is 12.1. The number of carbonyl (C=O) groups excluding carboxylic acids is 1. The summed E-state index contributed by atoms with van der Waals surface area (Å²) in [5, 5.41) is 4.47. The van der Waals surface area contributed by atoms with Crippen molar-refractivity contribution < 1.29 is 18.3 Å². The Morgan fingerprint density at radius 3 is 2.16 bits per heavy atom. The number of para-hydroxylation sites is 2. The molecule has 0 unspecified atom stereocenters. The number of aromatic nitrogens is 2. The molecule has 8 heteroatoms. The number of rotatable bonds is 4. The van der Waals surface area contributed by atoms with Crippen LogP contribution < -0.4 is 15.4 Å². The van der Waals surface area contributed by atoms with Crippen molar-refractivity contribution in [3.63, 3.8) is 0 Å². The minimum absolute atomic E-state index is 0.0947. The quantitative estimate of drug-likeness (QED) is 0.745. The van der Waals surface area contributed by atoms with Crippen molar-refractivity contribution in [2.75, 3.05) is 10.6 Å². The Balaban J connectivity index is 1.62. The molecule has 3 aromatic rings. The summed E-state index contributed by atoms with van der Waals surface area (Å²) in [7, 11) is 0. The zero-order valence-electron chi connectivity index (χ0n) is 12.7. The standard InChI is InChI=1S/C17H12F2N4O2/c18-13-7-4-8-14(19)15(13)23-16(24)22-11-9-20-17(21-10-11)25-12-5-2-1-3-6-12/h1-10H,(H2,22,23,24). The Kier molecular flexibility index (Phi) is 4.79. The van der Waals surface area contributed by atoms with Crippen LogP contribution in [0.25, 0.3) is 0 Å². The van der Waals surface area contributed by atoms with Crippen molar-refractivity contribution in [2.45, 2.75) is 0 Å². The van der Waals surface area contributed by atoms with E-state index in [9.17, 15) is 13.6 Å². The molecule has 0 aliphatic rings. The number of carbonyl (C=O) groups is 1. The monoisotopic (exact) mass is 342 g/mol. The number of urea groups is 1. The molecule has 0 aliphatic heterocycles. The molecule has 0 saturated heterocycles. The number of amides is 2. The molecule has 0 saturated carbocycles. The maximum atomic E-state index is 13.5. The van der Waals surface area contributed by atoms with Crippen LogP contribution >= 0.6 is 0 Å². The van der Waals surface area contributed by atoms with Gasteiger partial charge >= 0.3 is 12.0 Å². The molecule has 2 amide bonds. The third-order valence-corrected chi connectivity index (χ3v) is 3.04. The molecule has 126 valence electrons. The number of halogens is 2. The third kappa shape index (κ3) is 4.25. The number of hydrogen-bond donors (Lipinski definition) is 2. The van der Waals surface area contributed by atoms with E-state index in [1.807, 2.05) is 6.07 Å². The second kappa shape index (κ2) is 7.35. The van der Waals surface area contributed by atoms with Crippen LogP contribution in [0.4, 0.5) is 25.0 Å². The fourth-order valence-corrected chi connectivity index (χ4v) is 1.92. The average molecular weight is 342 g/mol. The molecule has 2 N–H and O–H groups in total. The van der Waals surface area contributed by atoms with Gasteiger partial charge in [-0.2, -0.15) is 0 Å². The van der Waals surface area contributed by atoms with E-state index in [0.29, 0.717) is 5.75 Å². The second-order valence-electron chi connectivity index (χ2n) is 4.85. The topological polar surface area (TPSA) is 76.1 Å². The van der Waals surface area contributed by atoms with E-state index in [-0.39, 0.29) is 11.7 Å². The first-order valence-corrected chi connectivity index (χ1v) is 7.19. The highest BCUT2D eigenvalue weighted by Crippen LogP contribution is 2.19. The lowest BCUT2D eigenvalue weighted by atomic mass is 10.3. The highest BCUT2D eigenvalue weighted by atomic mass is 19.1. The fraction of sp³-hybridized carbons (Fsp3) is 0. The van der Waals surface area contributed by atoms with Gasteiger partial charge in [0.25, 0.3) is 0 Å². The number of benzene rings is 2. The van der Waals surface area contributed by atoms with Crippen molar-refractivity contribution >= 4 is 17.4 Å². The van der Waals surface area contributed by atoms with E-state index in [0.717, 1.165) is 12.1 Å². The summed E-state index contributed by atoms with van der Waals surface area (Å²) < 4.78 is 32.4. The summed E-state index contributed by atoms with van der Waals surface area (Å²) in [6.45, 7) is 0.